The Labute approximate surface area is 210 Å². The van der Waals surface area contributed by atoms with Crippen LogP contribution < -0.4 is 5.32 Å². The molecule has 1 aliphatic heterocycles. The van der Waals surface area contributed by atoms with Crippen molar-refractivity contribution in [2.45, 2.75) is 49.7 Å². The zero-order valence-electron chi connectivity index (χ0n) is 20.2. The highest BCUT2D eigenvalue weighted by Crippen LogP contribution is 2.34. The van der Waals surface area contributed by atoms with E-state index in [2.05, 4.69) is 20.4 Å². The van der Waals surface area contributed by atoms with Gasteiger partial charge in [-0.15, -0.1) is 10.2 Å². The number of thioether (sulfide) groups is 1. The van der Waals surface area contributed by atoms with Gasteiger partial charge < -0.3 is 14.5 Å². The minimum Gasteiger partial charge on any atom is -0.469 e. The van der Waals surface area contributed by atoms with E-state index < -0.39 is 0 Å². The summed E-state index contributed by atoms with van der Waals surface area (Å²) >= 11 is 1.41. The summed E-state index contributed by atoms with van der Waals surface area (Å²) in [5.74, 6) is 1.80. The van der Waals surface area contributed by atoms with Gasteiger partial charge >= 0.3 is 0 Å². The summed E-state index contributed by atoms with van der Waals surface area (Å²) < 4.78 is 13.1. The van der Waals surface area contributed by atoms with Crippen molar-refractivity contribution in [1.82, 2.24) is 25.0 Å². The summed E-state index contributed by atoms with van der Waals surface area (Å²) in [6.07, 6.45) is 7.65. The molecule has 0 radical (unpaired) electrons. The number of nitrogens with one attached hydrogen (secondary N) is 1. The molecule has 9 heteroatoms. The maximum atomic E-state index is 13.0. The molecular weight excluding hydrogens is 462 g/mol. The van der Waals surface area contributed by atoms with Crippen LogP contribution in [0.25, 0.3) is 17.1 Å². The van der Waals surface area contributed by atoms with E-state index in [9.17, 15) is 4.79 Å². The Balaban J connectivity index is 1.28. The molecule has 1 N–H and O–H groups in total. The van der Waals surface area contributed by atoms with Gasteiger partial charge in [0.05, 0.1) is 30.8 Å². The quantitative estimate of drug-likeness (QED) is 0.471. The van der Waals surface area contributed by atoms with Gasteiger partial charge in [-0.05, 0) is 38.0 Å². The fourth-order valence-corrected chi connectivity index (χ4v) is 6.04. The van der Waals surface area contributed by atoms with E-state index in [0.29, 0.717) is 17.5 Å². The molecule has 2 fully saturated rings. The lowest BCUT2D eigenvalue weighted by Gasteiger charge is -2.48. The normalized spacial score (nSPS) is 18.4. The molecule has 0 unspecified atom stereocenters. The minimum absolute atomic E-state index is 0.0249. The van der Waals surface area contributed by atoms with Gasteiger partial charge in [0.25, 0.3) is 0 Å². The van der Waals surface area contributed by atoms with E-state index in [1.165, 1.54) is 31.0 Å². The third kappa shape index (κ3) is 5.32. The molecule has 1 amide bonds. The molecule has 1 aromatic carbocycles. The summed E-state index contributed by atoms with van der Waals surface area (Å²) in [4.78, 5) is 15.5. The third-order valence-electron chi connectivity index (χ3n) is 7.16. The first-order valence-corrected chi connectivity index (χ1v) is 13.4. The van der Waals surface area contributed by atoms with Gasteiger partial charge in [0.1, 0.15) is 5.76 Å². The number of rotatable bonds is 8. The van der Waals surface area contributed by atoms with Crippen LogP contribution in [0.2, 0.25) is 0 Å². The van der Waals surface area contributed by atoms with Crippen molar-refractivity contribution in [3.63, 3.8) is 0 Å². The van der Waals surface area contributed by atoms with Crippen molar-refractivity contribution in [3.8, 4) is 17.1 Å². The van der Waals surface area contributed by atoms with E-state index in [-0.39, 0.29) is 17.2 Å². The summed E-state index contributed by atoms with van der Waals surface area (Å²) in [5, 5.41) is 12.8. The maximum Gasteiger partial charge on any atom is 0.230 e. The summed E-state index contributed by atoms with van der Waals surface area (Å²) in [7, 11) is 0. The SMILES string of the molecule is Cc1occc1-c1nnc(SCC(=O)NCC2(N3CCOCC3)CCCCC2)n1-c1ccccc1. The fourth-order valence-electron chi connectivity index (χ4n) is 5.26. The molecule has 1 saturated carbocycles. The van der Waals surface area contributed by atoms with Gasteiger partial charge in [0, 0.05) is 30.9 Å². The highest BCUT2D eigenvalue weighted by Gasteiger charge is 2.38. The minimum atomic E-state index is 0.0249. The second-order valence-electron chi connectivity index (χ2n) is 9.32. The van der Waals surface area contributed by atoms with Crippen molar-refractivity contribution < 1.29 is 13.9 Å². The average Bonchev–Trinajstić information content (AvgIpc) is 3.53. The molecule has 5 rings (SSSR count). The average molecular weight is 496 g/mol. The number of ether oxygens (including phenoxy) is 1. The van der Waals surface area contributed by atoms with E-state index in [1.807, 2.05) is 47.9 Å². The van der Waals surface area contributed by atoms with Gasteiger partial charge in [0.2, 0.25) is 5.91 Å². The molecule has 3 heterocycles. The number of amides is 1. The van der Waals surface area contributed by atoms with Crippen LogP contribution in [0.5, 0.6) is 0 Å². The zero-order chi connectivity index (χ0) is 24.1. The number of furan rings is 1. The number of hydrogen-bond donors (Lipinski definition) is 1. The molecule has 0 bridgehead atoms. The molecular formula is C26H33N5O3S. The zero-order valence-corrected chi connectivity index (χ0v) is 21.1. The second-order valence-corrected chi connectivity index (χ2v) is 10.3. The molecule has 3 aromatic rings. The number of hydrogen-bond acceptors (Lipinski definition) is 7. The first-order valence-electron chi connectivity index (χ1n) is 12.4. The molecule has 1 aliphatic carbocycles. The number of aryl methyl sites for hydroxylation is 1. The van der Waals surface area contributed by atoms with E-state index in [0.717, 1.165) is 56.2 Å². The predicted molar refractivity (Wildman–Crippen MR) is 136 cm³/mol. The molecule has 186 valence electrons. The van der Waals surface area contributed by atoms with Crippen molar-refractivity contribution >= 4 is 17.7 Å². The maximum absolute atomic E-state index is 13.0. The van der Waals surface area contributed by atoms with Crippen molar-refractivity contribution in [3.05, 3.63) is 48.4 Å². The lowest BCUT2D eigenvalue weighted by molar-refractivity contribution is -0.119. The van der Waals surface area contributed by atoms with Crippen molar-refractivity contribution in [2.24, 2.45) is 0 Å². The predicted octanol–water partition coefficient (Wildman–Crippen LogP) is 4.08. The van der Waals surface area contributed by atoms with E-state index in [1.54, 1.807) is 6.26 Å². The van der Waals surface area contributed by atoms with Crippen LogP contribution in [-0.4, -0.2) is 69.7 Å². The van der Waals surface area contributed by atoms with Gasteiger partial charge in [-0.2, -0.15) is 0 Å². The van der Waals surface area contributed by atoms with Crippen LogP contribution >= 0.6 is 11.8 Å². The summed E-state index contributed by atoms with van der Waals surface area (Å²) in [6, 6.07) is 11.9. The lowest BCUT2D eigenvalue weighted by Crippen LogP contribution is -2.59. The molecule has 2 aliphatic rings. The van der Waals surface area contributed by atoms with Crippen LogP contribution in [-0.2, 0) is 9.53 Å². The number of nitrogens with zero attached hydrogens (tertiary/aromatic N) is 4. The van der Waals surface area contributed by atoms with Gasteiger partial charge in [-0.1, -0.05) is 49.2 Å². The Bertz CT molecular complexity index is 1120. The molecule has 2 aromatic heterocycles. The van der Waals surface area contributed by atoms with E-state index >= 15 is 0 Å². The van der Waals surface area contributed by atoms with Crippen molar-refractivity contribution in [2.75, 3.05) is 38.6 Å². The number of carbonyl (C=O) groups is 1. The fraction of sp³-hybridized carbons (Fsp3) is 0.500. The smallest absolute Gasteiger partial charge is 0.230 e. The van der Waals surface area contributed by atoms with Crippen LogP contribution in [0, 0.1) is 6.92 Å². The number of aromatic nitrogens is 3. The first-order chi connectivity index (χ1) is 17.2. The molecule has 8 nitrogen and oxygen atoms in total. The van der Waals surface area contributed by atoms with Crippen LogP contribution in [0.15, 0.2) is 52.2 Å². The Kier molecular flexibility index (Phi) is 7.55. The molecule has 0 spiro atoms. The van der Waals surface area contributed by atoms with Gasteiger partial charge in [-0.25, -0.2) is 0 Å². The summed E-state index contributed by atoms with van der Waals surface area (Å²) in [6.45, 7) is 6.05. The Morgan fingerprint density at radius 2 is 1.86 bits per heavy atom. The topological polar surface area (TPSA) is 85.4 Å². The van der Waals surface area contributed by atoms with Crippen LogP contribution in [0.4, 0.5) is 0 Å². The molecule has 35 heavy (non-hydrogen) atoms. The Morgan fingerprint density at radius 1 is 1.09 bits per heavy atom. The Hall–Kier alpha value is -2.62. The molecule has 1 saturated heterocycles. The lowest BCUT2D eigenvalue weighted by atomic mass is 9.79. The number of carbonyl (C=O) groups excluding carboxylic acids is 1. The highest BCUT2D eigenvalue weighted by atomic mass is 32.2. The summed E-state index contributed by atoms with van der Waals surface area (Å²) in [5.41, 5.74) is 1.89. The van der Waals surface area contributed by atoms with Crippen molar-refractivity contribution in [1.29, 1.82) is 0 Å². The third-order valence-corrected chi connectivity index (χ3v) is 8.09. The van der Waals surface area contributed by atoms with Gasteiger partial charge in [0.15, 0.2) is 11.0 Å². The van der Waals surface area contributed by atoms with E-state index in [4.69, 9.17) is 9.15 Å². The number of benzene rings is 1. The number of morpholine rings is 1. The highest BCUT2D eigenvalue weighted by molar-refractivity contribution is 7.99. The second kappa shape index (κ2) is 11.0. The monoisotopic (exact) mass is 495 g/mol. The standard InChI is InChI=1S/C26H33N5O3S/c1-20-22(10-15-34-20)24-28-29-25(31(24)21-8-4-2-5-9-21)35-18-23(32)27-19-26(11-6-3-7-12-26)30-13-16-33-17-14-30/h2,4-5,8-10,15H,3,6-7,11-14,16-19H2,1H3,(H,27,32). The number of para-hydroxylation sites is 1. The van der Waals surface area contributed by atoms with Crippen LogP contribution in [0.1, 0.15) is 37.9 Å². The van der Waals surface area contributed by atoms with Crippen LogP contribution in [0.3, 0.4) is 0 Å². The largest absolute Gasteiger partial charge is 0.469 e. The first kappa shape index (κ1) is 24.1. The Morgan fingerprint density at radius 3 is 2.57 bits per heavy atom. The molecule has 0 atom stereocenters. The van der Waals surface area contributed by atoms with Gasteiger partial charge in [-0.3, -0.25) is 14.3 Å².